The first-order chi connectivity index (χ1) is 8.72. The van der Waals surface area contributed by atoms with Crippen molar-refractivity contribution in [2.75, 3.05) is 16.8 Å². The Kier molecular flexibility index (Phi) is 3.57. The Hall–Kier alpha value is -2.36. The zero-order chi connectivity index (χ0) is 13.0. The Morgan fingerprint density at radius 2 is 2.11 bits per heavy atom. The molecule has 2 rings (SSSR count). The number of carbonyl (C=O) groups is 2. The van der Waals surface area contributed by atoms with Crippen LogP contribution in [0.5, 0.6) is 0 Å². The summed E-state index contributed by atoms with van der Waals surface area (Å²) in [6.07, 6.45) is 6.72. The van der Waals surface area contributed by atoms with Gasteiger partial charge in [-0.3, -0.25) is 14.5 Å². The summed E-state index contributed by atoms with van der Waals surface area (Å²) in [5, 5.41) is 2.74. The van der Waals surface area contributed by atoms with Gasteiger partial charge in [0.2, 0.25) is 5.91 Å². The molecule has 2 amide bonds. The number of hydrogen-bond donors (Lipinski definition) is 1. The Bertz CT molecular complexity index is 532. The number of hydrogen-bond acceptors (Lipinski definition) is 2. The summed E-state index contributed by atoms with van der Waals surface area (Å²) >= 11 is 0. The molecule has 92 valence electrons. The molecule has 1 aliphatic heterocycles. The highest BCUT2D eigenvalue weighted by atomic mass is 16.2. The monoisotopic (exact) mass is 242 g/mol. The van der Waals surface area contributed by atoms with E-state index in [1.807, 2.05) is 31.2 Å². The fraction of sp³-hybridized carbons (Fsp3) is 0.143. The standard InChI is InChI=1S/C14H14N2O2/c1-2-3-4-9-14(18)16-10-13(17)15-11-7-5-6-8-12(11)16/h2-9H,10H2,1H3,(H,15,17)/b3-2-,9-4-. The lowest BCUT2D eigenvalue weighted by Gasteiger charge is -2.28. The molecule has 1 aromatic rings. The average molecular weight is 242 g/mol. The van der Waals surface area contributed by atoms with Gasteiger partial charge in [-0.1, -0.05) is 30.4 Å². The van der Waals surface area contributed by atoms with E-state index in [0.717, 1.165) is 5.69 Å². The highest BCUT2D eigenvalue weighted by Crippen LogP contribution is 2.28. The summed E-state index contributed by atoms with van der Waals surface area (Å²) < 4.78 is 0. The number of carbonyl (C=O) groups excluding carboxylic acids is 2. The zero-order valence-corrected chi connectivity index (χ0v) is 10.1. The molecule has 0 radical (unpaired) electrons. The summed E-state index contributed by atoms with van der Waals surface area (Å²) in [6, 6.07) is 7.26. The van der Waals surface area contributed by atoms with Crippen molar-refractivity contribution in [1.82, 2.24) is 0 Å². The van der Waals surface area contributed by atoms with Crippen LogP contribution in [0.15, 0.2) is 48.6 Å². The van der Waals surface area contributed by atoms with Crippen molar-refractivity contribution in [3.05, 3.63) is 48.6 Å². The van der Waals surface area contributed by atoms with Gasteiger partial charge in [-0.25, -0.2) is 0 Å². The average Bonchev–Trinajstić information content (AvgIpc) is 2.38. The molecule has 4 heteroatoms. The second kappa shape index (κ2) is 5.31. The van der Waals surface area contributed by atoms with E-state index < -0.39 is 0 Å². The number of fused-ring (bicyclic) bond motifs is 1. The SMILES string of the molecule is C/C=C\C=C/C(=O)N1CC(=O)Nc2ccccc21. The maximum Gasteiger partial charge on any atom is 0.251 e. The molecule has 1 N–H and O–H groups in total. The molecule has 0 saturated carbocycles. The molecular weight excluding hydrogens is 228 g/mol. The summed E-state index contributed by atoms with van der Waals surface area (Å²) in [5.74, 6) is -0.378. The van der Waals surface area contributed by atoms with Crippen molar-refractivity contribution >= 4 is 23.2 Å². The van der Waals surface area contributed by atoms with Gasteiger partial charge in [0.25, 0.3) is 5.91 Å². The molecule has 0 saturated heterocycles. The first-order valence-corrected chi connectivity index (χ1v) is 5.72. The largest absolute Gasteiger partial charge is 0.323 e. The zero-order valence-electron chi connectivity index (χ0n) is 10.1. The lowest BCUT2D eigenvalue weighted by atomic mass is 10.2. The summed E-state index contributed by atoms with van der Waals surface area (Å²) in [4.78, 5) is 25.0. The molecular formula is C14H14N2O2. The molecule has 4 nitrogen and oxygen atoms in total. The van der Waals surface area contributed by atoms with Crippen LogP contribution in [0.3, 0.4) is 0 Å². The smallest absolute Gasteiger partial charge is 0.251 e. The normalized spacial score (nSPS) is 14.9. The molecule has 1 aromatic carbocycles. The molecule has 0 atom stereocenters. The minimum atomic E-state index is -0.199. The van der Waals surface area contributed by atoms with Crippen molar-refractivity contribution in [3.63, 3.8) is 0 Å². The van der Waals surface area contributed by atoms with Crippen molar-refractivity contribution in [3.8, 4) is 0 Å². The second-order valence-electron chi connectivity index (χ2n) is 3.87. The summed E-state index contributed by atoms with van der Waals surface area (Å²) in [6.45, 7) is 1.93. The third kappa shape index (κ3) is 2.48. The van der Waals surface area contributed by atoms with E-state index in [1.165, 1.54) is 11.0 Å². The van der Waals surface area contributed by atoms with Crippen LogP contribution >= 0.6 is 0 Å². The summed E-state index contributed by atoms with van der Waals surface area (Å²) in [7, 11) is 0. The Balaban J connectivity index is 2.28. The van der Waals surface area contributed by atoms with Gasteiger partial charge < -0.3 is 5.32 Å². The number of benzene rings is 1. The number of nitrogens with zero attached hydrogens (tertiary/aromatic N) is 1. The van der Waals surface area contributed by atoms with Gasteiger partial charge >= 0.3 is 0 Å². The van der Waals surface area contributed by atoms with Crippen molar-refractivity contribution in [1.29, 1.82) is 0 Å². The van der Waals surface area contributed by atoms with Crippen LogP contribution in [0.25, 0.3) is 0 Å². The van der Waals surface area contributed by atoms with Crippen LogP contribution in [-0.4, -0.2) is 18.4 Å². The number of rotatable bonds is 2. The molecule has 0 aliphatic carbocycles. The van der Waals surface area contributed by atoms with E-state index in [9.17, 15) is 9.59 Å². The van der Waals surface area contributed by atoms with Gasteiger partial charge in [-0.05, 0) is 19.1 Å². The molecule has 0 spiro atoms. The number of para-hydroxylation sites is 2. The lowest BCUT2D eigenvalue weighted by molar-refractivity contribution is -0.119. The van der Waals surface area contributed by atoms with Crippen LogP contribution in [-0.2, 0) is 9.59 Å². The lowest BCUT2D eigenvalue weighted by Crippen LogP contribution is -2.41. The summed E-state index contributed by atoms with van der Waals surface area (Å²) in [5.41, 5.74) is 1.40. The fourth-order valence-electron chi connectivity index (χ4n) is 1.77. The molecule has 1 heterocycles. The third-order valence-corrected chi connectivity index (χ3v) is 2.58. The number of nitrogens with one attached hydrogen (secondary N) is 1. The number of anilines is 2. The third-order valence-electron chi connectivity index (χ3n) is 2.58. The van der Waals surface area contributed by atoms with Gasteiger partial charge in [0.1, 0.15) is 6.54 Å². The topological polar surface area (TPSA) is 49.4 Å². The Morgan fingerprint density at radius 3 is 2.89 bits per heavy atom. The first kappa shape index (κ1) is 12.1. The molecule has 0 fully saturated rings. The van der Waals surface area contributed by atoms with Crippen molar-refractivity contribution in [2.45, 2.75) is 6.92 Å². The van der Waals surface area contributed by atoms with Crippen LogP contribution in [0.2, 0.25) is 0 Å². The highest BCUT2D eigenvalue weighted by Gasteiger charge is 2.24. The van der Waals surface area contributed by atoms with E-state index >= 15 is 0 Å². The Labute approximate surface area is 106 Å². The van der Waals surface area contributed by atoms with Gasteiger partial charge in [-0.15, -0.1) is 0 Å². The molecule has 0 aromatic heterocycles. The van der Waals surface area contributed by atoms with E-state index in [4.69, 9.17) is 0 Å². The highest BCUT2D eigenvalue weighted by molar-refractivity contribution is 6.12. The minimum absolute atomic E-state index is 0.0516. The predicted octanol–water partition coefficient (Wildman–Crippen LogP) is 2.10. The predicted molar refractivity (Wildman–Crippen MR) is 71.4 cm³/mol. The van der Waals surface area contributed by atoms with Gasteiger partial charge in [0.15, 0.2) is 0 Å². The van der Waals surface area contributed by atoms with Crippen molar-refractivity contribution < 1.29 is 9.59 Å². The van der Waals surface area contributed by atoms with Crippen LogP contribution in [0.1, 0.15) is 6.92 Å². The molecule has 0 unspecified atom stereocenters. The second-order valence-corrected chi connectivity index (χ2v) is 3.87. The number of allylic oxidation sites excluding steroid dienone is 3. The molecule has 18 heavy (non-hydrogen) atoms. The van der Waals surface area contributed by atoms with Gasteiger partial charge in [0.05, 0.1) is 11.4 Å². The fourth-order valence-corrected chi connectivity index (χ4v) is 1.77. The van der Waals surface area contributed by atoms with E-state index in [0.29, 0.717) is 5.69 Å². The van der Waals surface area contributed by atoms with Crippen LogP contribution in [0.4, 0.5) is 11.4 Å². The van der Waals surface area contributed by atoms with Gasteiger partial charge in [-0.2, -0.15) is 0 Å². The van der Waals surface area contributed by atoms with E-state index in [1.54, 1.807) is 18.2 Å². The first-order valence-electron chi connectivity index (χ1n) is 5.72. The van der Waals surface area contributed by atoms with Gasteiger partial charge in [0, 0.05) is 6.08 Å². The maximum absolute atomic E-state index is 12.0. The molecule has 0 bridgehead atoms. The quantitative estimate of drug-likeness (QED) is 0.637. The van der Waals surface area contributed by atoms with Crippen molar-refractivity contribution in [2.24, 2.45) is 0 Å². The maximum atomic E-state index is 12.0. The van der Waals surface area contributed by atoms with Crippen LogP contribution in [0, 0.1) is 0 Å². The van der Waals surface area contributed by atoms with E-state index in [-0.39, 0.29) is 18.4 Å². The van der Waals surface area contributed by atoms with Crippen LogP contribution < -0.4 is 10.2 Å². The Morgan fingerprint density at radius 1 is 1.33 bits per heavy atom. The molecule has 1 aliphatic rings. The minimum Gasteiger partial charge on any atom is -0.323 e. The van der Waals surface area contributed by atoms with E-state index in [2.05, 4.69) is 5.32 Å². The number of amides is 2.